The van der Waals surface area contributed by atoms with Crippen LogP contribution in [0, 0.1) is 0 Å². The third-order valence-corrected chi connectivity index (χ3v) is 0. The van der Waals surface area contributed by atoms with Crippen LogP contribution in [0.25, 0.3) is 0 Å². The molecule has 0 aliphatic heterocycles. The number of hydrogen-bond donors (Lipinski definition) is 0. The molecule has 0 N–H and O–H groups in total. The summed E-state index contributed by atoms with van der Waals surface area (Å²) in [6, 6.07) is 0. The van der Waals surface area contributed by atoms with Crippen molar-refractivity contribution in [1.29, 1.82) is 0 Å². The molecule has 11 heavy (non-hydrogen) atoms. The standard InChI is InChI=1S/3CH2O2.Co.Na/c3*2-1-3;;/h3*1H,(H,2,3);;/q;;;+2;+1/p-3. The molecule has 0 spiro atoms. The van der Waals surface area contributed by atoms with E-state index in [2.05, 4.69) is 0 Å². The van der Waals surface area contributed by atoms with Crippen molar-refractivity contribution in [3.05, 3.63) is 0 Å². The van der Waals surface area contributed by atoms with Crippen LogP contribution in [-0.2, 0) is 31.2 Å². The summed E-state index contributed by atoms with van der Waals surface area (Å²) in [6.07, 6.45) is 0. The van der Waals surface area contributed by atoms with Crippen LogP contribution in [0.15, 0.2) is 0 Å². The van der Waals surface area contributed by atoms with Gasteiger partial charge in [-0.3, -0.25) is 0 Å². The van der Waals surface area contributed by atoms with Gasteiger partial charge < -0.3 is 29.7 Å². The normalized spacial score (nSPS) is 3.27. The van der Waals surface area contributed by atoms with Crippen molar-refractivity contribution >= 4 is 19.4 Å². The second-order valence-corrected chi connectivity index (χ2v) is 0.289. The topological polar surface area (TPSA) is 120 Å². The Bertz CT molecular complexity index is 54.6. The SMILES string of the molecule is O=C[O-].O=C[O-].O=C[O-].[Co+2].[Na+]. The van der Waals surface area contributed by atoms with Crippen molar-refractivity contribution in [2.24, 2.45) is 0 Å². The second kappa shape index (κ2) is 92.7. The molecule has 0 heterocycles. The third-order valence-electron chi connectivity index (χ3n) is 0. The molecule has 6 nitrogen and oxygen atoms in total. The Morgan fingerprint density at radius 1 is 0.727 bits per heavy atom. The number of hydrogen-bond acceptors (Lipinski definition) is 6. The van der Waals surface area contributed by atoms with Crippen LogP contribution in [0.5, 0.6) is 0 Å². The zero-order valence-electron chi connectivity index (χ0n) is 5.51. The maximum absolute atomic E-state index is 8.25. The Hall–Kier alpha value is -0.0835. The monoisotopic (exact) mass is 217 g/mol. The van der Waals surface area contributed by atoms with Gasteiger partial charge in [-0.15, -0.1) is 0 Å². The predicted octanol–water partition coefficient (Wildman–Crippen LogP) is -7.90. The summed E-state index contributed by atoms with van der Waals surface area (Å²) < 4.78 is 0. The van der Waals surface area contributed by atoms with Gasteiger partial charge in [-0.2, -0.15) is 0 Å². The molecule has 0 saturated heterocycles. The van der Waals surface area contributed by atoms with E-state index in [1.807, 2.05) is 0 Å². The number of carbonyl (C=O) groups is 3. The van der Waals surface area contributed by atoms with Crippen LogP contribution < -0.4 is 44.9 Å². The second-order valence-electron chi connectivity index (χ2n) is 0.289. The Kier molecular flexibility index (Phi) is 258. The Morgan fingerprint density at radius 3 is 0.727 bits per heavy atom. The molecule has 0 unspecified atom stereocenters. The number of rotatable bonds is 0. The molecule has 8 heteroatoms. The van der Waals surface area contributed by atoms with Gasteiger partial charge in [-0.05, 0) is 0 Å². The summed E-state index contributed by atoms with van der Waals surface area (Å²) in [6.45, 7) is -1.50. The summed E-state index contributed by atoms with van der Waals surface area (Å²) in [5.74, 6) is 0. The van der Waals surface area contributed by atoms with Gasteiger partial charge in [-0.25, -0.2) is 0 Å². The summed E-state index contributed by atoms with van der Waals surface area (Å²) in [4.78, 5) is 24.8. The fourth-order valence-corrected chi connectivity index (χ4v) is 0. The minimum absolute atomic E-state index is 0. The molecule has 61 valence electrons. The van der Waals surface area contributed by atoms with Gasteiger partial charge in [0.05, 0.1) is 0 Å². The minimum atomic E-state index is -0.500. The van der Waals surface area contributed by atoms with E-state index in [0.29, 0.717) is 0 Å². The molecule has 0 aliphatic carbocycles. The predicted molar refractivity (Wildman–Crippen MR) is 18.2 cm³/mol. The van der Waals surface area contributed by atoms with Crippen molar-refractivity contribution < 1.29 is 76.0 Å². The molecule has 0 saturated carbocycles. The molecule has 0 amide bonds. The molecular weight excluding hydrogens is 214 g/mol. The summed E-state index contributed by atoms with van der Waals surface area (Å²) >= 11 is 0. The average molecular weight is 217 g/mol. The first kappa shape index (κ1) is 30.7. The van der Waals surface area contributed by atoms with E-state index in [9.17, 15) is 0 Å². The van der Waals surface area contributed by atoms with Crippen LogP contribution in [-0.4, -0.2) is 19.4 Å². The van der Waals surface area contributed by atoms with Gasteiger partial charge in [0.25, 0.3) is 0 Å². The van der Waals surface area contributed by atoms with Crippen LogP contribution in [0.4, 0.5) is 0 Å². The van der Waals surface area contributed by atoms with Gasteiger partial charge in [-0.1, -0.05) is 0 Å². The maximum atomic E-state index is 8.25. The van der Waals surface area contributed by atoms with Gasteiger partial charge in [0.1, 0.15) is 0 Å². The summed E-state index contributed by atoms with van der Waals surface area (Å²) in [5, 5.41) is 24.8. The molecule has 0 atom stereocenters. The van der Waals surface area contributed by atoms with Crippen LogP contribution in [0.3, 0.4) is 0 Å². The molecule has 0 bridgehead atoms. The summed E-state index contributed by atoms with van der Waals surface area (Å²) in [7, 11) is 0. The van der Waals surface area contributed by atoms with Gasteiger partial charge >= 0.3 is 46.3 Å². The van der Waals surface area contributed by atoms with Crippen LogP contribution >= 0.6 is 0 Å². The molecule has 0 aliphatic rings. The van der Waals surface area contributed by atoms with Crippen LogP contribution in [0.2, 0.25) is 0 Å². The molecule has 0 rings (SSSR count). The van der Waals surface area contributed by atoms with Gasteiger partial charge in [0.2, 0.25) is 0 Å². The Labute approximate surface area is 95.1 Å². The van der Waals surface area contributed by atoms with Crippen molar-refractivity contribution in [2.75, 3.05) is 0 Å². The fourth-order valence-electron chi connectivity index (χ4n) is 0. The zero-order chi connectivity index (χ0) is 8.12. The molecule has 0 aromatic heterocycles. The van der Waals surface area contributed by atoms with Gasteiger partial charge in [0, 0.05) is 19.4 Å². The van der Waals surface area contributed by atoms with Crippen molar-refractivity contribution in [3.63, 3.8) is 0 Å². The molecule has 1 radical (unpaired) electrons. The van der Waals surface area contributed by atoms with Crippen molar-refractivity contribution in [1.82, 2.24) is 0 Å². The minimum Gasteiger partial charge on any atom is -0.554 e. The molecule has 0 aromatic carbocycles. The number of carbonyl (C=O) groups excluding carboxylic acids is 3. The molecule has 0 fully saturated rings. The summed E-state index contributed by atoms with van der Waals surface area (Å²) in [5.41, 5.74) is 0. The smallest absolute Gasteiger partial charge is 0.554 e. The van der Waals surface area contributed by atoms with Crippen molar-refractivity contribution in [2.45, 2.75) is 0 Å². The fraction of sp³-hybridized carbons (Fsp3) is 0. The van der Waals surface area contributed by atoms with E-state index in [4.69, 9.17) is 29.7 Å². The molecule has 0 aromatic rings. The number of carboxylic acid groups (broad SMARTS) is 3. The third kappa shape index (κ3) is 89100. The van der Waals surface area contributed by atoms with E-state index in [1.165, 1.54) is 0 Å². The quantitative estimate of drug-likeness (QED) is 0.293. The van der Waals surface area contributed by atoms with E-state index >= 15 is 0 Å². The van der Waals surface area contributed by atoms with Crippen molar-refractivity contribution in [3.8, 4) is 0 Å². The first-order valence-electron chi connectivity index (χ1n) is 1.41. The van der Waals surface area contributed by atoms with E-state index in [0.717, 1.165) is 0 Å². The van der Waals surface area contributed by atoms with Gasteiger partial charge in [0.15, 0.2) is 0 Å². The zero-order valence-corrected chi connectivity index (χ0v) is 8.56. The van der Waals surface area contributed by atoms with E-state index < -0.39 is 19.4 Å². The average Bonchev–Trinajstić information content (AvgIpc) is 1.70. The maximum Gasteiger partial charge on any atom is 2.00 e. The first-order valence-corrected chi connectivity index (χ1v) is 1.41. The van der Waals surface area contributed by atoms with E-state index in [1.54, 1.807) is 0 Å². The molecular formula is C3H3CoNaO6. The Balaban J connectivity index is -0.0000000150. The first-order chi connectivity index (χ1) is 4.24. The van der Waals surface area contributed by atoms with E-state index in [-0.39, 0.29) is 46.3 Å². The Morgan fingerprint density at radius 2 is 0.727 bits per heavy atom. The van der Waals surface area contributed by atoms with Crippen LogP contribution in [0.1, 0.15) is 0 Å². The largest absolute Gasteiger partial charge is 2.00 e.